The molecule has 0 radical (unpaired) electrons. The van der Waals surface area contributed by atoms with Gasteiger partial charge in [0.2, 0.25) is 0 Å². The summed E-state index contributed by atoms with van der Waals surface area (Å²) in [5, 5.41) is 2.41. The van der Waals surface area contributed by atoms with Crippen LogP contribution in [0.15, 0.2) is 0 Å². The van der Waals surface area contributed by atoms with Gasteiger partial charge in [0.15, 0.2) is 0 Å². The van der Waals surface area contributed by atoms with Crippen LogP contribution in [0.2, 0.25) is 0 Å². The Morgan fingerprint density at radius 3 is 2.20 bits per heavy atom. The van der Waals surface area contributed by atoms with Crippen molar-refractivity contribution >= 4 is 22.6 Å². The average molecular weight is 265 g/mol. The summed E-state index contributed by atoms with van der Waals surface area (Å²) in [6, 6.07) is -1.27. The highest BCUT2D eigenvalue weighted by Crippen LogP contribution is 2.28. The van der Waals surface area contributed by atoms with Gasteiger partial charge in [-0.3, -0.25) is 0 Å². The van der Waals surface area contributed by atoms with Crippen LogP contribution in [0.3, 0.4) is 0 Å². The third-order valence-corrected chi connectivity index (χ3v) is 2.42. The predicted octanol–water partition coefficient (Wildman–Crippen LogP) is 1.71. The van der Waals surface area contributed by atoms with Crippen molar-refractivity contribution in [2.24, 2.45) is 0 Å². The SMILES string of the molecule is FC(F)(F)C1CC(I)CN1. The van der Waals surface area contributed by atoms with Crippen LogP contribution in [0, 0.1) is 0 Å². The fourth-order valence-electron chi connectivity index (χ4n) is 0.942. The molecule has 0 aromatic carbocycles. The van der Waals surface area contributed by atoms with Crippen molar-refractivity contribution in [3.05, 3.63) is 0 Å². The Morgan fingerprint density at radius 2 is 2.00 bits per heavy atom. The monoisotopic (exact) mass is 265 g/mol. The first-order valence-corrected chi connectivity index (χ1v) is 4.19. The van der Waals surface area contributed by atoms with Crippen LogP contribution < -0.4 is 5.32 Å². The summed E-state index contributed by atoms with van der Waals surface area (Å²) < 4.78 is 35.7. The Morgan fingerprint density at radius 1 is 1.40 bits per heavy atom. The second kappa shape index (κ2) is 2.84. The first-order chi connectivity index (χ1) is 4.50. The largest absolute Gasteiger partial charge is 0.403 e. The van der Waals surface area contributed by atoms with E-state index in [-0.39, 0.29) is 10.3 Å². The van der Waals surface area contributed by atoms with E-state index < -0.39 is 12.2 Å². The Balaban J connectivity index is 2.45. The number of hydrogen-bond donors (Lipinski definition) is 1. The highest BCUT2D eigenvalue weighted by atomic mass is 127. The molecule has 0 saturated carbocycles. The smallest absolute Gasteiger partial charge is 0.305 e. The van der Waals surface area contributed by atoms with Gasteiger partial charge in [0, 0.05) is 10.5 Å². The van der Waals surface area contributed by atoms with Gasteiger partial charge < -0.3 is 5.32 Å². The van der Waals surface area contributed by atoms with E-state index in [9.17, 15) is 13.2 Å². The molecule has 0 amide bonds. The molecule has 5 heteroatoms. The van der Waals surface area contributed by atoms with Crippen molar-refractivity contribution in [1.29, 1.82) is 0 Å². The van der Waals surface area contributed by atoms with E-state index in [0.29, 0.717) is 6.54 Å². The second-order valence-corrected chi connectivity index (χ2v) is 4.10. The van der Waals surface area contributed by atoms with E-state index in [1.165, 1.54) is 0 Å². The Hall–Kier alpha value is 0.480. The summed E-state index contributed by atoms with van der Waals surface area (Å²) in [6.07, 6.45) is -3.84. The highest BCUT2D eigenvalue weighted by molar-refractivity contribution is 14.1. The van der Waals surface area contributed by atoms with Gasteiger partial charge in [-0.1, -0.05) is 22.6 Å². The zero-order valence-electron chi connectivity index (χ0n) is 5.08. The van der Waals surface area contributed by atoms with Crippen molar-refractivity contribution in [2.75, 3.05) is 6.54 Å². The summed E-state index contributed by atoms with van der Waals surface area (Å²) in [6.45, 7) is 0.477. The first-order valence-electron chi connectivity index (χ1n) is 2.94. The summed E-state index contributed by atoms with van der Waals surface area (Å²) in [7, 11) is 0. The average Bonchev–Trinajstić information content (AvgIpc) is 2.11. The first kappa shape index (κ1) is 8.58. The molecule has 1 N–H and O–H groups in total. The van der Waals surface area contributed by atoms with Crippen molar-refractivity contribution < 1.29 is 13.2 Å². The lowest BCUT2D eigenvalue weighted by Gasteiger charge is -2.13. The zero-order chi connectivity index (χ0) is 7.78. The maximum Gasteiger partial charge on any atom is 0.403 e. The molecule has 0 aliphatic carbocycles. The van der Waals surface area contributed by atoms with Gasteiger partial charge in [0.05, 0.1) is 0 Å². The van der Waals surface area contributed by atoms with Crippen molar-refractivity contribution in [2.45, 2.75) is 22.6 Å². The number of hydrogen-bond acceptors (Lipinski definition) is 1. The maximum absolute atomic E-state index is 11.9. The lowest BCUT2D eigenvalue weighted by molar-refractivity contribution is -0.151. The molecule has 1 nitrogen and oxygen atoms in total. The lowest BCUT2D eigenvalue weighted by atomic mass is 10.2. The summed E-state index contributed by atoms with van der Waals surface area (Å²) in [5.41, 5.74) is 0. The minimum atomic E-state index is -4.06. The molecule has 0 spiro atoms. The topological polar surface area (TPSA) is 12.0 Å². The van der Waals surface area contributed by atoms with E-state index in [0.717, 1.165) is 0 Å². The molecular formula is C5H7F3IN. The van der Waals surface area contributed by atoms with Gasteiger partial charge in [0.1, 0.15) is 6.04 Å². The maximum atomic E-state index is 11.9. The van der Waals surface area contributed by atoms with Gasteiger partial charge in [-0.2, -0.15) is 13.2 Å². The minimum absolute atomic E-state index is 0.129. The van der Waals surface area contributed by atoms with Crippen molar-refractivity contribution in [3.63, 3.8) is 0 Å². The molecule has 0 aromatic heterocycles. The number of halogens is 4. The van der Waals surface area contributed by atoms with E-state index >= 15 is 0 Å². The second-order valence-electron chi connectivity index (χ2n) is 2.34. The molecule has 60 valence electrons. The molecule has 1 rings (SSSR count). The zero-order valence-corrected chi connectivity index (χ0v) is 7.24. The number of rotatable bonds is 0. The summed E-state index contributed by atoms with van der Waals surface area (Å²) >= 11 is 2.02. The molecule has 0 bridgehead atoms. The van der Waals surface area contributed by atoms with Crippen LogP contribution in [0.4, 0.5) is 13.2 Å². The molecule has 10 heavy (non-hydrogen) atoms. The molecule has 2 atom stereocenters. The molecule has 2 unspecified atom stereocenters. The van der Waals surface area contributed by atoms with Gasteiger partial charge in [-0.15, -0.1) is 0 Å². The molecule has 0 aromatic rings. The Labute approximate surface area is 70.5 Å². The quantitative estimate of drug-likeness (QED) is 0.519. The fourth-order valence-corrected chi connectivity index (χ4v) is 1.70. The lowest BCUT2D eigenvalue weighted by Crippen LogP contribution is -2.36. The molecular weight excluding hydrogens is 258 g/mol. The van der Waals surface area contributed by atoms with E-state index in [4.69, 9.17) is 0 Å². The van der Waals surface area contributed by atoms with Crippen LogP contribution >= 0.6 is 22.6 Å². The van der Waals surface area contributed by atoms with Gasteiger partial charge in [-0.05, 0) is 6.42 Å². The molecule has 1 saturated heterocycles. The van der Waals surface area contributed by atoms with Gasteiger partial charge in [-0.25, -0.2) is 0 Å². The fraction of sp³-hybridized carbons (Fsp3) is 1.00. The Bertz CT molecular complexity index is 125. The molecule has 1 heterocycles. The standard InChI is InChI=1S/C5H7F3IN/c6-5(7,8)4-1-3(9)2-10-4/h3-4,10H,1-2H2. The van der Waals surface area contributed by atoms with Crippen LogP contribution in [0.25, 0.3) is 0 Å². The van der Waals surface area contributed by atoms with E-state index in [1.54, 1.807) is 0 Å². The minimum Gasteiger partial charge on any atom is -0.305 e. The third kappa shape index (κ3) is 1.98. The highest BCUT2D eigenvalue weighted by Gasteiger charge is 2.43. The van der Waals surface area contributed by atoms with E-state index in [2.05, 4.69) is 5.32 Å². The molecule has 1 aliphatic heterocycles. The number of alkyl halides is 4. The van der Waals surface area contributed by atoms with Crippen LogP contribution in [0.1, 0.15) is 6.42 Å². The summed E-state index contributed by atoms with van der Waals surface area (Å²) in [4.78, 5) is 0. The van der Waals surface area contributed by atoms with Crippen molar-refractivity contribution in [3.8, 4) is 0 Å². The van der Waals surface area contributed by atoms with Gasteiger partial charge >= 0.3 is 6.18 Å². The Kier molecular flexibility index (Phi) is 2.44. The van der Waals surface area contributed by atoms with E-state index in [1.807, 2.05) is 22.6 Å². The molecule has 1 aliphatic rings. The third-order valence-electron chi connectivity index (χ3n) is 1.47. The normalized spacial score (nSPS) is 34.8. The van der Waals surface area contributed by atoms with Crippen LogP contribution in [0.5, 0.6) is 0 Å². The van der Waals surface area contributed by atoms with Crippen LogP contribution in [-0.4, -0.2) is 22.7 Å². The number of nitrogens with one attached hydrogen (secondary N) is 1. The van der Waals surface area contributed by atoms with Crippen LogP contribution in [-0.2, 0) is 0 Å². The summed E-state index contributed by atoms with van der Waals surface area (Å²) in [5.74, 6) is 0. The van der Waals surface area contributed by atoms with Gasteiger partial charge in [0.25, 0.3) is 0 Å². The van der Waals surface area contributed by atoms with Crippen molar-refractivity contribution in [1.82, 2.24) is 5.32 Å². The predicted molar refractivity (Wildman–Crippen MR) is 40.3 cm³/mol. The molecule has 1 fully saturated rings.